The first kappa shape index (κ1) is 63.2. The Morgan fingerprint density at radius 2 is 0.738 bits per heavy atom. The quantitative estimate of drug-likeness (QED) is 0.0190. The van der Waals surface area contributed by atoms with E-state index in [1.54, 1.807) is 24.3 Å². The fourth-order valence-electron chi connectivity index (χ4n) is 13.7. The lowest BCUT2D eigenvalue weighted by molar-refractivity contribution is -0.141. The van der Waals surface area contributed by atoms with Crippen LogP contribution in [0.15, 0.2) is 86.0 Å². The van der Waals surface area contributed by atoms with Crippen molar-refractivity contribution in [2.24, 2.45) is 35.5 Å². The predicted molar refractivity (Wildman–Crippen MR) is 331 cm³/mol. The summed E-state index contributed by atoms with van der Waals surface area (Å²) in [7, 11) is 0. The zero-order valence-electron chi connectivity index (χ0n) is 49.2. The lowest BCUT2D eigenvalue weighted by atomic mass is 9.70. The number of carbonyl (C=O) groups excluding carboxylic acids is 4. The van der Waals surface area contributed by atoms with E-state index in [4.69, 9.17) is 28.4 Å². The molecule has 5 aromatic rings. The van der Waals surface area contributed by atoms with E-state index < -0.39 is 0 Å². The van der Waals surface area contributed by atoms with Gasteiger partial charge in [0.15, 0.2) is 11.5 Å². The molecule has 4 fully saturated rings. The van der Waals surface area contributed by atoms with Gasteiger partial charge in [0, 0.05) is 45.9 Å². The molecule has 3 aromatic carbocycles. The second-order valence-corrected chi connectivity index (χ2v) is 26.3. The first-order valence-corrected chi connectivity index (χ1v) is 33.5. The maximum absolute atomic E-state index is 14.6. The second-order valence-electron chi connectivity index (χ2n) is 24.2. The highest BCUT2D eigenvalue weighted by atomic mass is 32.1. The van der Waals surface area contributed by atoms with Crippen molar-refractivity contribution in [2.75, 3.05) is 26.4 Å². The summed E-state index contributed by atoms with van der Waals surface area (Å²) in [5, 5.41) is 1.34. The summed E-state index contributed by atoms with van der Waals surface area (Å²) in [5.74, 6) is 0.876. The maximum atomic E-state index is 14.6. The summed E-state index contributed by atoms with van der Waals surface area (Å²) < 4.78 is 66.1. The minimum atomic E-state index is -0.357. The number of carbonyl (C=O) groups is 4. The van der Waals surface area contributed by atoms with Crippen LogP contribution in [0.25, 0.3) is 41.1 Å². The van der Waals surface area contributed by atoms with Gasteiger partial charge in [-0.2, -0.15) is 0 Å². The van der Waals surface area contributed by atoms with E-state index in [9.17, 15) is 28.0 Å². The summed E-state index contributed by atoms with van der Waals surface area (Å²) in [6, 6.07) is 16.7. The summed E-state index contributed by atoms with van der Waals surface area (Å²) in [5.41, 5.74) is 1.60. The topological polar surface area (TPSA) is 124 Å². The molecule has 84 heavy (non-hydrogen) atoms. The molecule has 0 bridgehead atoms. The Kier molecular flexibility index (Phi) is 24.4. The highest BCUT2D eigenvalue weighted by molar-refractivity contribution is 7.24. The van der Waals surface area contributed by atoms with Crippen molar-refractivity contribution in [3.63, 3.8) is 0 Å². The largest absolute Gasteiger partial charge is 0.463 e. The van der Waals surface area contributed by atoms with Crippen LogP contribution in [0.2, 0.25) is 0 Å². The fourth-order valence-corrected chi connectivity index (χ4v) is 16.0. The highest BCUT2D eigenvalue weighted by Crippen LogP contribution is 2.54. The first-order valence-electron chi connectivity index (χ1n) is 31.8. The van der Waals surface area contributed by atoms with Gasteiger partial charge in [0.25, 0.3) is 0 Å². The molecule has 0 N–H and O–H groups in total. The van der Waals surface area contributed by atoms with Crippen molar-refractivity contribution in [1.29, 1.82) is 0 Å². The van der Waals surface area contributed by atoms with E-state index in [0.29, 0.717) is 80.8 Å². The van der Waals surface area contributed by atoms with Crippen LogP contribution in [0, 0.1) is 47.1 Å². The van der Waals surface area contributed by atoms with Gasteiger partial charge in [0.2, 0.25) is 0 Å². The van der Waals surface area contributed by atoms with Crippen LogP contribution in [0.5, 0.6) is 11.5 Å². The van der Waals surface area contributed by atoms with Gasteiger partial charge < -0.3 is 28.4 Å². The maximum Gasteiger partial charge on any atom is 0.330 e. The van der Waals surface area contributed by atoms with E-state index in [2.05, 4.69) is 13.2 Å². The molecule has 4 aliphatic rings. The Morgan fingerprint density at radius 3 is 1.07 bits per heavy atom. The average Bonchev–Trinajstić information content (AvgIpc) is 1.92. The molecule has 454 valence electrons. The van der Waals surface area contributed by atoms with Crippen LogP contribution in [0.1, 0.15) is 180 Å². The van der Waals surface area contributed by atoms with Crippen molar-refractivity contribution in [3.8, 4) is 32.4 Å². The number of thiophene rings is 2. The molecule has 4 saturated carbocycles. The molecule has 0 spiro atoms. The van der Waals surface area contributed by atoms with Gasteiger partial charge in [0.1, 0.15) is 11.6 Å². The van der Waals surface area contributed by atoms with Crippen molar-refractivity contribution < 1.29 is 56.4 Å². The lowest BCUT2D eigenvalue weighted by Gasteiger charge is -2.37. The number of benzene rings is 3. The zero-order chi connectivity index (χ0) is 58.6. The first-order chi connectivity index (χ1) is 41.0. The van der Waals surface area contributed by atoms with Crippen LogP contribution in [-0.2, 0) is 38.1 Å². The molecule has 0 saturated heterocycles. The van der Waals surface area contributed by atoms with Crippen LogP contribution < -0.4 is 9.47 Å². The molecular formula is C70H88F2O10S2. The van der Waals surface area contributed by atoms with Crippen LogP contribution in [-0.4, -0.2) is 62.5 Å². The average molecular weight is 1190 g/mol. The number of esters is 4. The smallest absolute Gasteiger partial charge is 0.330 e. The molecule has 0 atom stereocenters. The molecular weight excluding hydrogens is 1100 g/mol. The summed E-state index contributed by atoms with van der Waals surface area (Å²) in [6.45, 7) is 9.38. The molecule has 0 aliphatic heterocycles. The molecule has 4 aliphatic carbocycles. The van der Waals surface area contributed by atoms with Crippen molar-refractivity contribution in [2.45, 2.75) is 192 Å². The van der Waals surface area contributed by atoms with Crippen LogP contribution in [0.3, 0.4) is 0 Å². The fraction of sp³-hybridized carbons (Fsp3) is 0.571. The van der Waals surface area contributed by atoms with Crippen molar-refractivity contribution >= 4 is 66.7 Å². The summed E-state index contributed by atoms with van der Waals surface area (Å²) >= 11 is 2.89. The third-order valence-corrected chi connectivity index (χ3v) is 21.0. The number of ether oxygens (including phenoxy) is 6. The monoisotopic (exact) mass is 1190 g/mol. The number of unbranched alkanes of at least 4 members (excludes halogenated alkanes) is 10. The normalized spacial score (nSPS) is 22.8. The number of hydrogen-bond donors (Lipinski definition) is 0. The molecule has 2 heterocycles. The van der Waals surface area contributed by atoms with Gasteiger partial charge in [-0.05, 0) is 200 Å². The highest BCUT2D eigenvalue weighted by Gasteiger charge is 2.37. The molecule has 14 heteroatoms. The molecule has 2 aromatic heterocycles. The van der Waals surface area contributed by atoms with Crippen LogP contribution in [0.4, 0.5) is 8.78 Å². The number of rotatable bonds is 30. The Bertz CT molecular complexity index is 2670. The molecule has 0 unspecified atom stereocenters. The minimum Gasteiger partial charge on any atom is -0.463 e. The van der Waals surface area contributed by atoms with Crippen molar-refractivity contribution in [1.82, 2.24) is 0 Å². The Hall–Kier alpha value is -5.28. The summed E-state index contributed by atoms with van der Waals surface area (Å²) in [4.78, 5) is 53.2. The zero-order valence-corrected chi connectivity index (χ0v) is 50.9. The Morgan fingerprint density at radius 1 is 0.429 bits per heavy atom. The second kappa shape index (κ2) is 32.5. The van der Waals surface area contributed by atoms with Gasteiger partial charge in [0.05, 0.1) is 46.7 Å². The van der Waals surface area contributed by atoms with Gasteiger partial charge in [-0.3, -0.25) is 9.59 Å². The Balaban J connectivity index is 0.797. The Labute approximate surface area is 504 Å². The molecule has 10 nitrogen and oxygen atoms in total. The SMILES string of the molecule is C=CC(=O)OCCCCCCCCOC1CCC(C2CCC(C(=O)Oc3c4cc(-c5ccc(F)cc5)sc4c(OC(=O)C4CCC(C5CCC(OCCCCCCCCOC(=O)C=C)CC5)CC4)c4cc(-c5ccc(F)cc5)sc34)CC2)CC1. The summed E-state index contributed by atoms with van der Waals surface area (Å²) in [6.07, 6.45) is 31.8. The van der Waals surface area contributed by atoms with Gasteiger partial charge in [-0.1, -0.05) is 88.8 Å². The van der Waals surface area contributed by atoms with E-state index in [0.717, 1.165) is 214 Å². The third-order valence-electron chi connectivity index (χ3n) is 18.6. The van der Waals surface area contributed by atoms with E-state index in [1.807, 2.05) is 12.1 Å². The minimum absolute atomic E-state index is 0.252. The van der Waals surface area contributed by atoms with E-state index >= 15 is 0 Å². The van der Waals surface area contributed by atoms with Crippen molar-refractivity contribution in [3.05, 3.63) is 97.6 Å². The molecule has 0 amide bonds. The van der Waals surface area contributed by atoms with Gasteiger partial charge in [-0.25, -0.2) is 18.4 Å². The van der Waals surface area contributed by atoms with Crippen LogP contribution >= 0.6 is 22.7 Å². The van der Waals surface area contributed by atoms with Gasteiger partial charge >= 0.3 is 23.9 Å². The number of hydrogen-bond acceptors (Lipinski definition) is 12. The van der Waals surface area contributed by atoms with E-state index in [-0.39, 0.29) is 47.3 Å². The molecule has 0 radical (unpaired) electrons. The van der Waals surface area contributed by atoms with E-state index in [1.165, 1.54) is 59.1 Å². The van der Waals surface area contributed by atoms with Gasteiger partial charge in [-0.15, -0.1) is 22.7 Å². The predicted octanol–water partition coefficient (Wildman–Crippen LogP) is 18.4. The lowest BCUT2D eigenvalue weighted by Crippen LogP contribution is -2.31. The number of fused-ring (bicyclic) bond motifs is 2. The molecule has 9 rings (SSSR count). The third kappa shape index (κ3) is 17.9. The standard InChI is InChI=1S/C70H88F2O10S2/c1-3-63(73)79-43-15-11-7-5-9-13-41-77-57-37-29-49(30-38-57)47-17-21-53(22-18-47)69(75)81-65-59-45-61(51-25-33-55(71)34-26-51)84-68(59)66(60-46-62(83-67(60)65)52-27-35-56(72)36-28-52)82-70(76)54-23-19-48(20-24-54)50-31-39-58(40-32-50)78-42-14-10-6-8-12-16-44-80-64(74)4-2/h3-4,25-28,33-36,45-50,53-54,57-58H,1-2,5-24,29-32,37-44H2. The number of halogens is 2.